The van der Waals surface area contributed by atoms with Crippen LogP contribution in [0.4, 0.5) is 5.69 Å². The molecule has 2 rings (SSSR count). The van der Waals surface area contributed by atoms with Gasteiger partial charge in [-0.2, -0.15) is 5.10 Å². The Hall–Kier alpha value is -3.13. The van der Waals surface area contributed by atoms with Gasteiger partial charge in [0, 0.05) is 17.7 Å². The number of rotatable bonds is 6. The summed E-state index contributed by atoms with van der Waals surface area (Å²) in [5, 5.41) is 15.2. The van der Waals surface area contributed by atoms with Crippen LogP contribution in [0.3, 0.4) is 0 Å². The number of hydrogen-bond donors (Lipinski definition) is 1. The summed E-state index contributed by atoms with van der Waals surface area (Å²) in [6, 6.07) is 9.10. The molecule has 0 aliphatic rings. The molecule has 2 aromatic carbocycles. The van der Waals surface area contributed by atoms with Gasteiger partial charge in [-0.15, -0.1) is 0 Å². The van der Waals surface area contributed by atoms with Gasteiger partial charge >= 0.3 is 5.69 Å². The van der Waals surface area contributed by atoms with E-state index in [0.717, 1.165) is 0 Å². The second-order valence-corrected chi connectivity index (χ2v) is 5.11. The Balaban J connectivity index is 2.25. The molecule has 0 saturated carbocycles. The Kier molecular flexibility index (Phi) is 5.91. The summed E-state index contributed by atoms with van der Waals surface area (Å²) in [4.78, 5) is 22.5. The van der Waals surface area contributed by atoms with Crippen LogP contribution < -0.4 is 14.9 Å². The molecule has 0 atom stereocenters. The fraction of sp³-hybridized carbons (Fsp3) is 0.125. The number of ether oxygens (including phenoxy) is 2. The topological polar surface area (TPSA) is 103 Å². The van der Waals surface area contributed by atoms with Gasteiger partial charge < -0.3 is 9.47 Å². The highest BCUT2D eigenvalue weighted by molar-refractivity contribution is 6.33. The molecule has 8 nitrogen and oxygen atoms in total. The lowest BCUT2D eigenvalue weighted by molar-refractivity contribution is -0.385. The number of nitro benzene ring substituents is 1. The summed E-state index contributed by atoms with van der Waals surface area (Å²) >= 11 is 5.93. The van der Waals surface area contributed by atoms with Crippen molar-refractivity contribution in [3.63, 3.8) is 0 Å². The van der Waals surface area contributed by atoms with E-state index in [-0.39, 0.29) is 22.0 Å². The number of methoxy groups -OCH3 is 2. The van der Waals surface area contributed by atoms with Crippen molar-refractivity contribution in [3.05, 3.63) is 62.7 Å². The van der Waals surface area contributed by atoms with Crippen LogP contribution in [-0.2, 0) is 0 Å². The summed E-state index contributed by atoms with van der Waals surface area (Å²) in [6.07, 6.45) is 1.24. The molecule has 2 aromatic rings. The predicted molar refractivity (Wildman–Crippen MR) is 92.7 cm³/mol. The van der Waals surface area contributed by atoms with E-state index in [4.69, 9.17) is 21.1 Å². The van der Waals surface area contributed by atoms with Crippen LogP contribution in [0.15, 0.2) is 41.5 Å². The molecule has 130 valence electrons. The third-order valence-corrected chi connectivity index (χ3v) is 3.55. The maximum atomic E-state index is 12.0. The van der Waals surface area contributed by atoms with E-state index >= 15 is 0 Å². The molecule has 25 heavy (non-hydrogen) atoms. The molecular weight excluding hydrogens is 350 g/mol. The second kappa shape index (κ2) is 8.11. The summed E-state index contributed by atoms with van der Waals surface area (Å²) < 4.78 is 10.1. The van der Waals surface area contributed by atoms with E-state index in [9.17, 15) is 14.9 Å². The van der Waals surface area contributed by atoms with E-state index in [1.165, 1.54) is 32.6 Å². The number of carbonyl (C=O) groups is 1. The maximum Gasteiger partial charge on any atom is 0.311 e. The minimum absolute atomic E-state index is 0.0547. The maximum absolute atomic E-state index is 12.0. The lowest BCUT2D eigenvalue weighted by Gasteiger charge is -2.08. The molecule has 1 amide bonds. The minimum Gasteiger partial charge on any atom is -0.496 e. The normalized spacial score (nSPS) is 10.5. The smallest absolute Gasteiger partial charge is 0.311 e. The molecular formula is C16H14ClN3O5. The highest BCUT2D eigenvalue weighted by Crippen LogP contribution is 2.33. The molecule has 0 heterocycles. The van der Waals surface area contributed by atoms with E-state index in [1.807, 2.05) is 0 Å². The number of nitro groups is 1. The monoisotopic (exact) mass is 363 g/mol. The standard InChI is InChI=1S/C16H14ClN3O5/c1-24-14-8-15(25-2)13(20(22)23)7-10(14)9-18-19-16(21)11-5-3-4-6-12(11)17/h3-9H,1-2H3,(H,19,21)/b18-9-. The Labute approximate surface area is 148 Å². The molecule has 0 aromatic heterocycles. The first kappa shape index (κ1) is 18.2. The Bertz CT molecular complexity index is 839. The van der Waals surface area contributed by atoms with Crippen molar-refractivity contribution in [2.45, 2.75) is 0 Å². The Morgan fingerprint density at radius 3 is 2.52 bits per heavy atom. The highest BCUT2D eigenvalue weighted by atomic mass is 35.5. The van der Waals surface area contributed by atoms with Crippen molar-refractivity contribution in [3.8, 4) is 11.5 Å². The van der Waals surface area contributed by atoms with Crippen LogP contribution in [0.25, 0.3) is 0 Å². The number of halogens is 1. The molecule has 0 saturated heterocycles. The van der Waals surface area contributed by atoms with Crippen LogP contribution in [0.5, 0.6) is 11.5 Å². The first-order chi connectivity index (χ1) is 12.0. The zero-order chi connectivity index (χ0) is 18.4. The van der Waals surface area contributed by atoms with Crippen LogP contribution >= 0.6 is 11.6 Å². The van der Waals surface area contributed by atoms with Crippen LogP contribution in [0.2, 0.25) is 5.02 Å². The van der Waals surface area contributed by atoms with Crippen LogP contribution in [0.1, 0.15) is 15.9 Å². The molecule has 0 aliphatic carbocycles. The molecule has 0 unspecified atom stereocenters. The first-order valence-corrected chi connectivity index (χ1v) is 7.34. The average molecular weight is 364 g/mol. The molecule has 1 N–H and O–H groups in total. The van der Waals surface area contributed by atoms with Crippen molar-refractivity contribution in [1.29, 1.82) is 0 Å². The van der Waals surface area contributed by atoms with Crippen molar-refractivity contribution < 1.29 is 19.2 Å². The second-order valence-electron chi connectivity index (χ2n) is 4.70. The number of hydrogen-bond acceptors (Lipinski definition) is 6. The summed E-state index contributed by atoms with van der Waals surface area (Å²) in [5.74, 6) is -0.152. The third-order valence-electron chi connectivity index (χ3n) is 3.22. The molecule has 0 fully saturated rings. The van der Waals surface area contributed by atoms with Gasteiger partial charge in [0.15, 0.2) is 0 Å². The van der Waals surface area contributed by atoms with Gasteiger partial charge in [0.05, 0.1) is 35.9 Å². The SMILES string of the molecule is COc1cc(OC)c([N+](=O)[O-])cc1/C=N\NC(=O)c1ccccc1Cl. The number of nitrogens with zero attached hydrogens (tertiary/aromatic N) is 2. The lowest BCUT2D eigenvalue weighted by Crippen LogP contribution is -2.18. The number of nitrogens with one attached hydrogen (secondary N) is 1. The third kappa shape index (κ3) is 4.24. The van der Waals surface area contributed by atoms with Crippen molar-refractivity contribution >= 4 is 29.4 Å². The summed E-state index contributed by atoms with van der Waals surface area (Å²) in [6.45, 7) is 0. The van der Waals surface area contributed by atoms with Gasteiger partial charge in [-0.05, 0) is 12.1 Å². The first-order valence-electron chi connectivity index (χ1n) is 6.96. The van der Waals surface area contributed by atoms with Gasteiger partial charge in [-0.25, -0.2) is 5.43 Å². The van der Waals surface area contributed by atoms with Crippen molar-refractivity contribution in [2.24, 2.45) is 5.10 Å². The van der Waals surface area contributed by atoms with E-state index < -0.39 is 10.8 Å². The molecule has 9 heteroatoms. The van der Waals surface area contributed by atoms with Gasteiger partial charge in [-0.3, -0.25) is 14.9 Å². The average Bonchev–Trinajstić information content (AvgIpc) is 2.61. The van der Waals surface area contributed by atoms with E-state index in [0.29, 0.717) is 11.3 Å². The fourth-order valence-corrected chi connectivity index (χ4v) is 2.24. The van der Waals surface area contributed by atoms with Crippen molar-refractivity contribution in [1.82, 2.24) is 5.43 Å². The van der Waals surface area contributed by atoms with Crippen molar-refractivity contribution in [2.75, 3.05) is 14.2 Å². The summed E-state index contributed by atoms with van der Waals surface area (Å²) in [7, 11) is 2.72. The van der Waals surface area contributed by atoms with Gasteiger partial charge in [0.1, 0.15) is 5.75 Å². The predicted octanol–water partition coefficient (Wildman–Crippen LogP) is 3.03. The summed E-state index contributed by atoms with van der Waals surface area (Å²) in [5.41, 5.74) is 2.62. The Morgan fingerprint density at radius 2 is 1.92 bits per heavy atom. The van der Waals surface area contributed by atoms with E-state index in [2.05, 4.69) is 10.5 Å². The Morgan fingerprint density at radius 1 is 1.24 bits per heavy atom. The number of benzene rings is 2. The number of carbonyl (C=O) groups excluding carboxylic acids is 1. The van der Waals surface area contributed by atoms with Gasteiger partial charge in [-0.1, -0.05) is 23.7 Å². The van der Waals surface area contributed by atoms with Crippen LogP contribution in [-0.4, -0.2) is 31.3 Å². The van der Waals surface area contributed by atoms with Gasteiger partial charge in [0.2, 0.25) is 5.75 Å². The number of amides is 1. The van der Waals surface area contributed by atoms with Gasteiger partial charge in [0.25, 0.3) is 5.91 Å². The zero-order valence-corrected chi connectivity index (χ0v) is 14.1. The zero-order valence-electron chi connectivity index (χ0n) is 13.4. The largest absolute Gasteiger partial charge is 0.496 e. The fourth-order valence-electron chi connectivity index (χ4n) is 2.02. The highest BCUT2D eigenvalue weighted by Gasteiger charge is 2.19. The molecule has 0 radical (unpaired) electrons. The molecule has 0 bridgehead atoms. The quantitative estimate of drug-likeness (QED) is 0.482. The molecule has 0 spiro atoms. The minimum atomic E-state index is -0.585. The molecule has 0 aliphatic heterocycles. The lowest BCUT2D eigenvalue weighted by atomic mass is 10.1. The van der Waals surface area contributed by atoms with E-state index in [1.54, 1.807) is 24.3 Å². The number of hydrazone groups is 1. The van der Waals surface area contributed by atoms with Crippen LogP contribution in [0, 0.1) is 10.1 Å².